The van der Waals surface area contributed by atoms with Gasteiger partial charge in [-0.2, -0.15) is 5.26 Å². The molecule has 2 aromatic rings. The molecule has 0 radical (unpaired) electrons. The molecule has 6 nitrogen and oxygen atoms in total. The maximum atomic E-state index is 12.9. The standard InChI is InChI=1S/C22H23N3O3/c1-22(15-23,16-8-4-3-5-9-16)21(27)24-17-10-11-19(28-2)18(14-17)20(26)25-12-6-7-13-25/h3-5,8-11,14H,6-7,12-13H2,1-2H3,(H,24,27)/t22-/m1/s1. The van der Waals surface area contributed by atoms with Gasteiger partial charge in [-0.25, -0.2) is 0 Å². The Bertz CT molecular complexity index is 914. The minimum atomic E-state index is -1.35. The molecule has 0 spiro atoms. The molecule has 0 aliphatic carbocycles. The fourth-order valence-corrected chi connectivity index (χ4v) is 3.32. The lowest BCUT2D eigenvalue weighted by atomic mass is 9.83. The third-order valence-electron chi connectivity index (χ3n) is 5.11. The number of hydrogen-bond acceptors (Lipinski definition) is 4. The van der Waals surface area contributed by atoms with E-state index >= 15 is 0 Å². The van der Waals surface area contributed by atoms with Crippen molar-refractivity contribution in [3.05, 3.63) is 59.7 Å². The van der Waals surface area contributed by atoms with Gasteiger partial charge in [0.1, 0.15) is 5.75 Å². The Morgan fingerprint density at radius 3 is 2.43 bits per heavy atom. The molecule has 3 rings (SSSR count). The summed E-state index contributed by atoms with van der Waals surface area (Å²) in [6.07, 6.45) is 1.98. The summed E-state index contributed by atoms with van der Waals surface area (Å²) in [5.74, 6) is -0.108. The molecule has 0 unspecified atom stereocenters. The van der Waals surface area contributed by atoms with E-state index in [1.54, 1.807) is 54.3 Å². The molecule has 0 saturated carbocycles. The zero-order valence-electron chi connectivity index (χ0n) is 16.1. The largest absolute Gasteiger partial charge is 0.496 e. The third-order valence-corrected chi connectivity index (χ3v) is 5.11. The van der Waals surface area contributed by atoms with E-state index < -0.39 is 11.3 Å². The number of hydrogen-bond donors (Lipinski definition) is 1. The van der Waals surface area contributed by atoms with Crippen molar-refractivity contribution in [3.63, 3.8) is 0 Å². The van der Waals surface area contributed by atoms with E-state index in [0.29, 0.717) is 22.6 Å². The average molecular weight is 377 g/mol. The molecule has 1 aliphatic heterocycles. The van der Waals surface area contributed by atoms with Gasteiger partial charge in [0, 0.05) is 18.8 Å². The summed E-state index contributed by atoms with van der Waals surface area (Å²) in [6, 6.07) is 16.0. The number of ether oxygens (including phenoxy) is 1. The number of methoxy groups -OCH3 is 1. The lowest BCUT2D eigenvalue weighted by Gasteiger charge is -2.22. The Labute approximate surface area is 164 Å². The van der Waals surface area contributed by atoms with Crippen molar-refractivity contribution in [2.75, 3.05) is 25.5 Å². The third kappa shape index (κ3) is 3.70. The van der Waals surface area contributed by atoms with Crippen LogP contribution in [0.2, 0.25) is 0 Å². The van der Waals surface area contributed by atoms with Crippen molar-refractivity contribution in [3.8, 4) is 11.8 Å². The van der Waals surface area contributed by atoms with Gasteiger partial charge >= 0.3 is 0 Å². The average Bonchev–Trinajstić information content (AvgIpc) is 3.28. The highest BCUT2D eigenvalue weighted by Gasteiger charge is 2.35. The van der Waals surface area contributed by atoms with E-state index in [0.717, 1.165) is 25.9 Å². The number of rotatable bonds is 5. The number of nitriles is 1. The summed E-state index contributed by atoms with van der Waals surface area (Å²) in [5.41, 5.74) is 0.114. The molecule has 2 aromatic carbocycles. The van der Waals surface area contributed by atoms with Crippen LogP contribution in [0.15, 0.2) is 48.5 Å². The number of amides is 2. The zero-order chi connectivity index (χ0) is 20.1. The molecule has 0 aromatic heterocycles. The van der Waals surface area contributed by atoms with Crippen molar-refractivity contribution in [1.82, 2.24) is 4.90 Å². The molecule has 1 aliphatic rings. The topological polar surface area (TPSA) is 82.4 Å². The van der Waals surface area contributed by atoms with Crippen LogP contribution in [0.3, 0.4) is 0 Å². The summed E-state index contributed by atoms with van der Waals surface area (Å²) < 4.78 is 5.33. The monoisotopic (exact) mass is 377 g/mol. The summed E-state index contributed by atoms with van der Waals surface area (Å²) in [5, 5.41) is 12.4. The van der Waals surface area contributed by atoms with Crippen LogP contribution in [0.25, 0.3) is 0 Å². The van der Waals surface area contributed by atoms with Gasteiger partial charge in [-0.05, 0) is 43.5 Å². The number of nitrogens with one attached hydrogen (secondary N) is 1. The Morgan fingerprint density at radius 1 is 1.14 bits per heavy atom. The lowest BCUT2D eigenvalue weighted by Crippen LogP contribution is -2.36. The smallest absolute Gasteiger partial charge is 0.257 e. The van der Waals surface area contributed by atoms with Crippen LogP contribution in [-0.2, 0) is 10.2 Å². The van der Waals surface area contributed by atoms with Crippen molar-refractivity contribution in [2.45, 2.75) is 25.2 Å². The summed E-state index contributed by atoms with van der Waals surface area (Å²) >= 11 is 0. The summed E-state index contributed by atoms with van der Waals surface area (Å²) in [4.78, 5) is 27.5. The number of likely N-dealkylation sites (tertiary alicyclic amines) is 1. The second kappa shape index (κ2) is 8.13. The van der Waals surface area contributed by atoms with E-state index in [9.17, 15) is 14.9 Å². The predicted octanol–water partition coefficient (Wildman–Crippen LogP) is 3.35. The molecule has 1 atom stereocenters. The highest BCUT2D eigenvalue weighted by Crippen LogP contribution is 2.28. The number of carbonyl (C=O) groups excluding carboxylic acids is 2. The summed E-state index contributed by atoms with van der Waals surface area (Å²) in [7, 11) is 1.51. The first-order valence-corrected chi connectivity index (χ1v) is 9.25. The maximum Gasteiger partial charge on any atom is 0.257 e. The Hall–Kier alpha value is -3.33. The molecular weight excluding hydrogens is 354 g/mol. The van der Waals surface area contributed by atoms with E-state index in [4.69, 9.17) is 4.74 Å². The predicted molar refractivity (Wildman–Crippen MR) is 106 cm³/mol. The van der Waals surface area contributed by atoms with Crippen molar-refractivity contribution >= 4 is 17.5 Å². The Kier molecular flexibility index (Phi) is 5.65. The van der Waals surface area contributed by atoms with Gasteiger partial charge < -0.3 is 15.0 Å². The molecule has 6 heteroatoms. The fraction of sp³-hybridized carbons (Fsp3) is 0.318. The number of anilines is 1. The van der Waals surface area contributed by atoms with Crippen molar-refractivity contribution in [2.24, 2.45) is 0 Å². The fourth-order valence-electron chi connectivity index (χ4n) is 3.32. The SMILES string of the molecule is COc1ccc(NC(=O)[C@](C)(C#N)c2ccccc2)cc1C(=O)N1CCCC1. The molecular formula is C22H23N3O3. The first-order chi connectivity index (χ1) is 13.5. The second-order valence-corrected chi connectivity index (χ2v) is 6.97. The van der Waals surface area contributed by atoms with Crippen LogP contribution in [0, 0.1) is 11.3 Å². The quantitative estimate of drug-likeness (QED) is 0.866. The van der Waals surface area contributed by atoms with Crippen LogP contribution < -0.4 is 10.1 Å². The Morgan fingerprint density at radius 2 is 1.82 bits per heavy atom. The molecule has 1 fully saturated rings. The van der Waals surface area contributed by atoms with Crippen LogP contribution in [0.5, 0.6) is 5.75 Å². The first-order valence-electron chi connectivity index (χ1n) is 9.25. The van der Waals surface area contributed by atoms with Crippen molar-refractivity contribution in [1.29, 1.82) is 5.26 Å². The van der Waals surface area contributed by atoms with Crippen molar-refractivity contribution < 1.29 is 14.3 Å². The highest BCUT2D eigenvalue weighted by atomic mass is 16.5. The number of benzene rings is 2. The van der Waals surface area contributed by atoms with E-state index in [1.165, 1.54) is 7.11 Å². The van der Waals surface area contributed by atoms with Gasteiger partial charge in [0.05, 0.1) is 18.7 Å². The van der Waals surface area contributed by atoms with Gasteiger partial charge in [0.15, 0.2) is 5.41 Å². The number of carbonyl (C=O) groups is 2. The molecule has 0 bridgehead atoms. The normalized spacial score (nSPS) is 15.4. The summed E-state index contributed by atoms with van der Waals surface area (Å²) in [6.45, 7) is 3.02. The molecule has 144 valence electrons. The van der Waals surface area contributed by atoms with Gasteiger partial charge in [-0.3, -0.25) is 9.59 Å². The van der Waals surface area contributed by atoms with E-state index in [2.05, 4.69) is 11.4 Å². The van der Waals surface area contributed by atoms with Gasteiger partial charge in [-0.1, -0.05) is 30.3 Å². The van der Waals surface area contributed by atoms with Gasteiger partial charge in [0.2, 0.25) is 5.91 Å². The van der Waals surface area contributed by atoms with Crippen LogP contribution in [-0.4, -0.2) is 36.9 Å². The minimum absolute atomic E-state index is 0.114. The van der Waals surface area contributed by atoms with Gasteiger partial charge in [-0.15, -0.1) is 0 Å². The molecule has 1 saturated heterocycles. The van der Waals surface area contributed by atoms with Gasteiger partial charge in [0.25, 0.3) is 5.91 Å². The molecule has 1 heterocycles. The lowest BCUT2D eigenvalue weighted by molar-refractivity contribution is -0.119. The maximum absolute atomic E-state index is 12.9. The van der Waals surface area contributed by atoms with Crippen LogP contribution >= 0.6 is 0 Å². The molecule has 1 N–H and O–H groups in total. The van der Waals surface area contributed by atoms with Crippen LogP contribution in [0.1, 0.15) is 35.7 Å². The first kappa shape index (κ1) is 19.4. The molecule has 28 heavy (non-hydrogen) atoms. The van der Waals surface area contributed by atoms with E-state index in [1.807, 2.05) is 6.07 Å². The highest BCUT2D eigenvalue weighted by molar-refractivity contribution is 6.03. The second-order valence-electron chi connectivity index (χ2n) is 6.97. The van der Waals surface area contributed by atoms with Crippen LogP contribution in [0.4, 0.5) is 5.69 Å². The Balaban J connectivity index is 1.88. The van der Waals surface area contributed by atoms with E-state index in [-0.39, 0.29) is 5.91 Å². The minimum Gasteiger partial charge on any atom is -0.496 e. The zero-order valence-corrected chi connectivity index (χ0v) is 16.1. The number of nitrogens with zero attached hydrogens (tertiary/aromatic N) is 2. The molecule has 2 amide bonds.